The molecule has 20 heavy (non-hydrogen) atoms. The van der Waals surface area contributed by atoms with Crippen molar-refractivity contribution in [3.63, 3.8) is 0 Å². The van der Waals surface area contributed by atoms with E-state index in [1.54, 1.807) is 0 Å². The molecule has 0 aromatic heterocycles. The van der Waals surface area contributed by atoms with E-state index >= 15 is 0 Å². The lowest BCUT2D eigenvalue weighted by Gasteiger charge is -2.37. The molecule has 1 rings (SSSR count). The van der Waals surface area contributed by atoms with Crippen molar-refractivity contribution in [1.82, 2.24) is 15.1 Å². The van der Waals surface area contributed by atoms with Gasteiger partial charge in [-0.05, 0) is 32.9 Å². The van der Waals surface area contributed by atoms with Gasteiger partial charge >= 0.3 is 0 Å². The number of hydrogen-bond donors (Lipinski definition) is 1. The van der Waals surface area contributed by atoms with Crippen LogP contribution < -0.4 is 5.32 Å². The summed E-state index contributed by atoms with van der Waals surface area (Å²) in [5.41, 5.74) is 0. The summed E-state index contributed by atoms with van der Waals surface area (Å²) in [6.45, 7) is 9.71. The zero-order valence-electron chi connectivity index (χ0n) is 14.1. The van der Waals surface area contributed by atoms with E-state index in [2.05, 4.69) is 56.9 Å². The van der Waals surface area contributed by atoms with Crippen LogP contribution in [0.5, 0.6) is 0 Å². The first-order valence-corrected chi connectivity index (χ1v) is 8.15. The molecule has 4 nitrogen and oxygen atoms in total. The maximum absolute atomic E-state index is 12.8. The van der Waals surface area contributed by atoms with Crippen LogP contribution in [0.1, 0.15) is 53.4 Å². The van der Waals surface area contributed by atoms with E-state index in [-0.39, 0.29) is 12.2 Å². The maximum atomic E-state index is 12.8. The SMILES string of the molecule is CCCC1NC(CCC)N(C(CN(C)C)C(C)C)C1=O. The Labute approximate surface area is 124 Å². The number of nitrogens with one attached hydrogen (secondary N) is 1. The highest BCUT2D eigenvalue weighted by atomic mass is 16.2. The number of likely N-dealkylation sites (N-methyl/N-ethyl adjacent to an activating group) is 1. The minimum Gasteiger partial charge on any atom is -0.321 e. The first kappa shape index (κ1) is 17.4. The Morgan fingerprint density at radius 1 is 1.20 bits per heavy atom. The van der Waals surface area contributed by atoms with Gasteiger partial charge in [0, 0.05) is 12.6 Å². The lowest BCUT2D eigenvalue weighted by atomic mass is 10.0. The van der Waals surface area contributed by atoms with Crippen LogP contribution in [-0.4, -0.2) is 54.6 Å². The molecule has 1 aliphatic rings. The second-order valence-electron chi connectivity index (χ2n) is 6.63. The van der Waals surface area contributed by atoms with Crippen LogP contribution >= 0.6 is 0 Å². The van der Waals surface area contributed by atoms with Crippen LogP contribution in [0.2, 0.25) is 0 Å². The molecule has 3 atom stereocenters. The maximum Gasteiger partial charge on any atom is 0.241 e. The van der Waals surface area contributed by atoms with Gasteiger partial charge in [-0.25, -0.2) is 0 Å². The zero-order chi connectivity index (χ0) is 15.3. The lowest BCUT2D eigenvalue weighted by Crippen LogP contribution is -2.51. The first-order valence-electron chi connectivity index (χ1n) is 8.15. The Balaban J connectivity index is 2.91. The summed E-state index contributed by atoms with van der Waals surface area (Å²) in [7, 11) is 4.17. The molecule has 118 valence electrons. The number of rotatable bonds is 8. The van der Waals surface area contributed by atoms with E-state index in [0.717, 1.165) is 32.2 Å². The van der Waals surface area contributed by atoms with E-state index in [1.807, 2.05) is 0 Å². The number of carbonyl (C=O) groups excluding carboxylic acids is 1. The van der Waals surface area contributed by atoms with Crippen molar-refractivity contribution < 1.29 is 4.79 Å². The minimum atomic E-state index is 0.0277. The quantitative estimate of drug-likeness (QED) is 0.742. The van der Waals surface area contributed by atoms with Crippen molar-refractivity contribution in [3.05, 3.63) is 0 Å². The van der Waals surface area contributed by atoms with Gasteiger partial charge in [-0.3, -0.25) is 10.1 Å². The molecule has 0 spiro atoms. The Kier molecular flexibility index (Phi) is 6.96. The van der Waals surface area contributed by atoms with Crippen LogP contribution in [0.3, 0.4) is 0 Å². The Morgan fingerprint density at radius 3 is 2.25 bits per heavy atom. The van der Waals surface area contributed by atoms with Gasteiger partial charge in [-0.1, -0.05) is 40.5 Å². The van der Waals surface area contributed by atoms with Crippen molar-refractivity contribution in [2.45, 2.75) is 71.6 Å². The van der Waals surface area contributed by atoms with E-state index < -0.39 is 0 Å². The van der Waals surface area contributed by atoms with E-state index in [0.29, 0.717) is 17.9 Å². The highest BCUT2D eigenvalue weighted by molar-refractivity contribution is 5.84. The van der Waals surface area contributed by atoms with Crippen molar-refractivity contribution in [1.29, 1.82) is 0 Å². The molecule has 4 heteroatoms. The summed E-state index contributed by atoms with van der Waals surface area (Å²) in [5.74, 6) is 0.786. The average molecular weight is 283 g/mol. The monoisotopic (exact) mass is 283 g/mol. The number of amides is 1. The van der Waals surface area contributed by atoms with Crippen molar-refractivity contribution in [2.75, 3.05) is 20.6 Å². The van der Waals surface area contributed by atoms with Crippen LogP contribution in [0.4, 0.5) is 0 Å². The second kappa shape index (κ2) is 7.99. The predicted octanol–water partition coefficient (Wildman–Crippen LogP) is 2.30. The Bertz CT molecular complexity index is 304. The lowest BCUT2D eigenvalue weighted by molar-refractivity contribution is -0.133. The largest absolute Gasteiger partial charge is 0.321 e. The average Bonchev–Trinajstić information content (AvgIpc) is 2.64. The number of hydrogen-bond acceptors (Lipinski definition) is 3. The van der Waals surface area contributed by atoms with Gasteiger partial charge in [-0.2, -0.15) is 0 Å². The standard InChI is InChI=1S/C16H33N3O/c1-7-9-13-16(20)19(15(17-13)10-8-2)14(12(3)4)11-18(5)6/h12-15,17H,7-11H2,1-6H3. The molecule has 0 saturated carbocycles. The van der Waals surface area contributed by atoms with E-state index in [4.69, 9.17) is 0 Å². The molecule has 0 aliphatic carbocycles. The van der Waals surface area contributed by atoms with Gasteiger partial charge in [-0.15, -0.1) is 0 Å². The predicted molar refractivity (Wildman–Crippen MR) is 84.6 cm³/mol. The first-order chi connectivity index (χ1) is 9.42. The van der Waals surface area contributed by atoms with Crippen LogP contribution in [0, 0.1) is 5.92 Å². The fraction of sp³-hybridized carbons (Fsp3) is 0.938. The highest BCUT2D eigenvalue weighted by Gasteiger charge is 2.42. The van der Waals surface area contributed by atoms with E-state index in [9.17, 15) is 4.79 Å². The molecule has 3 unspecified atom stereocenters. The van der Waals surface area contributed by atoms with Crippen molar-refractivity contribution in [3.8, 4) is 0 Å². The van der Waals surface area contributed by atoms with Gasteiger partial charge in [0.2, 0.25) is 5.91 Å². The molecule has 0 bridgehead atoms. The van der Waals surface area contributed by atoms with Gasteiger partial charge in [0.25, 0.3) is 0 Å². The fourth-order valence-corrected chi connectivity index (χ4v) is 3.10. The molecular formula is C16H33N3O. The molecule has 1 aliphatic heterocycles. The van der Waals surface area contributed by atoms with Crippen molar-refractivity contribution >= 4 is 5.91 Å². The van der Waals surface area contributed by atoms with Crippen LogP contribution in [0.25, 0.3) is 0 Å². The molecule has 1 heterocycles. The minimum absolute atomic E-state index is 0.0277. The van der Waals surface area contributed by atoms with Gasteiger partial charge in [0.15, 0.2) is 0 Å². The molecular weight excluding hydrogens is 250 g/mol. The Morgan fingerprint density at radius 2 is 1.80 bits per heavy atom. The number of nitrogens with zero attached hydrogens (tertiary/aromatic N) is 2. The summed E-state index contributed by atoms with van der Waals surface area (Å²) in [5, 5.41) is 3.56. The van der Waals surface area contributed by atoms with E-state index in [1.165, 1.54) is 0 Å². The van der Waals surface area contributed by atoms with Gasteiger partial charge < -0.3 is 9.80 Å². The topological polar surface area (TPSA) is 35.6 Å². The smallest absolute Gasteiger partial charge is 0.241 e. The summed E-state index contributed by atoms with van der Waals surface area (Å²) in [6.07, 6.45) is 4.37. The normalized spacial score (nSPS) is 25.0. The van der Waals surface area contributed by atoms with Gasteiger partial charge in [0.1, 0.15) is 0 Å². The molecule has 1 saturated heterocycles. The summed E-state index contributed by atoms with van der Waals surface area (Å²) < 4.78 is 0. The zero-order valence-corrected chi connectivity index (χ0v) is 14.1. The molecule has 1 N–H and O–H groups in total. The molecule has 1 fully saturated rings. The summed E-state index contributed by atoms with van der Waals surface area (Å²) in [4.78, 5) is 17.1. The third-order valence-corrected chi connectivity index (χ3v) is 4.10. The molecule has 0 aromatic carbocycles. The number of carbonyl (C=O) groups is 1. The molecule has 1 amide bonds. The fourth-order valence-electron chi connectivity index (χ4n) is 3.10. The van der Waals surface area contributed by atoms with Gasteiger partial charge in [0.05, 0.1) is 12.2 Å². The summed E-state index contributed by atoms with van der Waals surface area (Å²) in [6, 6.07) is 0.323. The second-order valence-corrected chi connectivity index (χ2v) is 6.63. The highest BCUT2D eigenvalue weighted by Crippen LogP contribution is 2.24. The van der Waals surface area contributed by atoms with Crippen LogP contribution in [0.15, 0.2) is 0 Å². The summed E-state index contributed by atoms with van der Waals surface area (Å²) >= 11 is 0. The Hall–Kier alpha value is -0.610. The third-order valence-electron chi connectivity index (χ3n) is 4.10. The molecule has 0 aromatic rings. The molecule has 0 radical (unpaired) electrons. The third kappa shape index (κ3) is 4.19. The van der Waals surface area contributed by atoms with Crippen LogP contribution in [-0.2, 0) is 4.79 Å². The van der Waals surface area contributed by atoms with Crippen molar-refractivity contribution in [2.24, 2.45) is 5.92 Å².